The average molecular weight is 226 g/mol. The SMILES string of the molecule is CCC1CCCCC1SC1CCCCC1. The van der Waals surface area contributed by atoms with E-state index in [-0.39, 0.29) is 0 Å². The van der Waals surface area contributed by atoms with Gasteiger partial charge in [0.25, 0.3) is 0 Å². The Hall–Kier alpha value is 0.350. The van der Waals surface area contributed by atoms with Crippen LogP contribution < -0.4 is 0 Å². The summed E-state index contributed by atoms with van der Waals surface area (Å²) in [6.07, 6.45) is 15.0. The molecule has 2 aliphatic carbocycles. The number of thioether (sulfide) groups is 1. The average Bonchev–Trinajstić information content (AvgIpc) is 2.31. The van der Waals surface area contributed by atoms with Crippen molar-refractivity contribution in [2.75, 3.05) is 0 Å². The first-order valence-electron chi connectivity index (χ1n) is 7.05. The van der Waals surface area contributed by atoms with Gasteiger partial charge in [-0.3, -0.25) is 0 Å². The van der Waals surface area contributed by atoms with Gasteiger partial charge >= 0.3 is 0 Å². The third-order valence-corrected chi connectivity index (χ3v) is 6.11. The summed E-state index contributed by atoms with van der Waals surface area (Å²) in [5.41, 5.74) is 0. The highest BCUT2D eigenvalue weighted by atomic mass is 32.2. The summed E-state index contributed by atoms with van der Waals surface area (Å²) >= 11 is 2.37. The molecule has 0 radical (unpaired) electrons. The van der Waals surface area contributed by atoms with Gasteiger partial charge in [0.1, 0.15) is 0 Å². The van der Waals surface area contributed by atoms with Gasteiger partial charge in [0.05, 0.1) is 0 Å². The van der Waals surface area contributed by atoms with Gasteiger partial charge < -0.3 is 0 Å². The zero-order chi connectivity index (χ0) is 10.5. The molecule has 0 aliphatic heterocycles. The molecule has 0 aromatic carbocycles. The van der Waals surface area contributed by atoms with Gasteiger partial charge in [-0.15, -0.1) is 0 Å². The first kappa shape index (κ1) is 11.8. The Labute approximate surface area is 99.6 Å². The molecule has 0 spiro atoms. The van der Waals surface area contributed by atoms with Crippen LogP contribution in [0.4, 0.5) is 0 Å². The van der Waals surface area contributed by atoms with Crippen molar-refractivity contribution in [1.29, 1.82) is 0 Å². The summed E-state index contributed by atoms with van der Waals surface area (Å²) in [6, 6.07) is 0. The van der Waals surface area contributed by atoms with Gasteiger partial charge in [-0.1, -0.05) is 45.4 Å². The van der Waals surface area contributed by atoms with Gasteiger partial charge in [-0.05, 0) is 31.6 Å². The van der Waals surface area contributed by atoms with Gasteiger partial charge in [0, 0.05) is 10.5 Å². The third-order valence-electron chi connectivity index (χ3n) is 4.28. The van der Waals surface area contributed by atoms with E-state index in [1.807, 2.05) is 0 Å². The van der Waals surface area contributed by atoms with Crippen LogP contribution in [0.3, 0.4) is 0 Å². The van der Waals surface area contributed by atoms with Crippen LogP contribution >= 0.6 is 11.8 Å². The molecule has 2 rings (SSSR count). The first-order valence-corrected chi connectivity index (χ1v) is 8.00. The quantitative estimate of drug-likeness (QED) is 0.651. The minimum absolute atomic E-state index is 1.02. The Kier molecular flexibility index (Phi) is 4.87. The topological polar surface area (TPSA) is 0 Å². The Morgan fingerprint density at radius 2 is 1.53 bits per heavy atom. The largest absolute Gasteiger partial charge is 0.155 e. The molecule has 0 aromatic heterocycles. The van der Waals surface area contributed by atoms with Crippen LogP contribution in [0.1, 0.15) is 71.1 Å². The van der Waals surface area contributed by atoms with Crippen molar-refractivity contribution >= 4 is 11.8 Å². The maximum Gasteiger partial charge on any atom is 0.00780 e. The Bertz CT molecular complexity index is 172. The van der Waals surface area contributed by atoms with E-state index in [9.17, 15) is 0 Å². The Balaban J connectivity index is 1.79. The second kappa shape index (κ2) is 6.18. The smallest absolute Gasteiger partial charge is 0.00780 e. The molecule has 0 N–H and O–H groups in total. The van der Waals surface area contributed by atoms with E-state index in [0.717, 1.165) is 16.4 Å². The van der Waals surface area contributed by atoms with Crippen molar-refractivity contribution in [3.63, 3.8) is 0 Å². The van der Waals surface area contributed by atoms with E-state index in [1.165, 1.54) is 64.2 Å². The number of rotatable bonds is 3. The minimum atomic E-state index is 1.02. The molecule has 2 saturated carbocycles. The van der Waals surface area contributed by atoms with Crippen molar-refractivity contribution in [3.8, 4) is 0 Å². The molecule has 15 heavy (non-hydrogen) atoms. The Morgan fingerprint density at radius 3 is 2.27 bits per heavy atom. The first-order chi connectivity index (χ1) is 7.40. The summed E-state index contributed by atoms with van der Waals surface area (Å²) in [5.74, 6) is 1.05. The van der Waals surface area contributed by atoms with E-state index < -0.39 is 0 Å². The number of hydrogen-bond acceptors (Lipinski definition) is 1. The molecule has 0 heterocycles. The predicted molar refractivity (Wildman–Crippen MR) is 70.5 cm³/mol. The summed E-state index contributed by atoms with van der Waals surface area (Å²) in [6.45, 7) is 2.39. The van der Waals surface area contributed by atoms with Crippen molar-refractivity contribution < 1.29 is 0 Å². The maximum absolute atomic E-state index is 2.39. The molecule has 2 atom stereocenters. The zero-order valence-electron chi connectivity index (χ0n) is 10.2. The fourth-order valence-corrected chi connectivity index (χ4v) is 5.22. The molecule has 0 nitrogen and oxygen atoms in total. The van der Waals surface area contributed by atoms with Crippen LogP contribution in [0, 0.1) is 5.92 Å². The monoisotopic (exact) mass is 226 g/mol. The van der Waals surface area contributed by atoms with Crippen LogP contribution in [-0.4, -0.2) is 10.5 Å². The van der Waals surface area contributed by atoms with Crippen molar-refractivity contribution in [2.45, 2.75) is 81.6 Å². The fourth-order valence-electron chi connectivity index (χ4n) is 3.27. The highest BCUT2D eigenvalue weighted by Gasteiger charge is 2.27. The third kappa shape index (κ3) is 3.41. The Morgan fingerprint density at radius 1 is 0.867 bits per heavy atom. The van der Waals surface area contributed by atoms with Crippen molar-refractivity contribution in [1.82, 2.24) is 0 Å². The molecule has 1 heteroatoms. The molecule has 0 aromatic rings. The highest BCUT2D eigenvalue weighted by Crippen LogP contribution is 2.40. The number of hydrogen-bond donors (Lipinski definition) is 0. The molecule has 2 aliphatic rings. The van der Waals surface area contributed by atoms with Gasteiger partial charge in [-0.25, -0.2) is 0 Å². The van der Waals surface area contributed by atoms with Gasteiger partial charge in [0.15, 0.2) is 0 Å². The molecule has 0 bridgehead atoms. The predicted octanol–water partition coefficient (Wildman–Crippen LogP) is 5.02. The van der Waals surface area contributed by atoms with E-state index in [2.05, 4.69) is 18.7 Å². The van der Waals surface area contributed by atoms with Crippen LogP contribution in [-0.2, 0) is 0 Å². The summed E-state index contributed by atoms with van der Waals surface area (Å²) in [5, 5.41) is 2.04. The molecule has 88 valence electrons. The van der Waals surface area contributed by atoms with Gasteiger partial charge in [-0.2, -0.15) is 11.8 Å². The second-order valence-electron chi connectivity index (χ2n) is 5.39. The lowest BCUT2D eigenvalue weighted by Gasteiger charge is -2.34. The minimum Gasteiger partial charge on any atom is -0.155 e. The summed E-state index contributed by atoms with van der Waals surface area (Å²) < 4.78 is 0. The van der Waals surface area contributed by atoms with Crippen molar-refractivity contribution in [3.05, 3.63) is 0 Å². The molecule has 0 saturated heterocycles. The standard InChI is InChI=1S/C14H26S/c1-2-12-8-6-7-11-14(12)15-13-9-4-3-5-10-13/h12-14H,2-11H2,1H3. The van der Waals surface area contributed by atoms with Crippen LogP contribution in [0.2, 0.25) is 0 Å². The zero-order valence-corrected chi connectivity index (χ0v) is 11.0. The highest BCUT2D eigenvalue weighted by molar-refractivity contribution is 8.00. The molecule has 2 fully saturated rings. The van der Waals surface area contributed by atoms with E-state index in [4.69, 9.17) is 0 Å². The molecule has 2 unspecified atom stereocenters. The van der Waals surface area contributed by atoms with E-state index in [1.54, 1.807) is 0 Å². The summed E-state index contributed by atoms with van der Waals surface area (Å²) in [7, 11) is 0. The van der Waals surface area contributed by atoms with Gasteiger partial charge in [0.2, 0.25) is 0 Å². The van der Waals surface area contributed by atoms with Crippen LogP contribution in [0.5, 0.6) is 0 Å². The molecular formula is C14H26S. The normalized spacial score (nSPS) is 34.2. The van der Waals surface area contributed by atoms with E-state index in [0.29, 0.717) is 0 Å². The second-order valence-corrected chi connectivity index (χ2v) is 6.93. The van der Waals surface area contributed by atoms with Crippen molar-refractivity contribution in [2.24, 2.45) is 5.92 Å². The lowest BCUT2D eigenvalue weighted by molar-refractivity contribution is 0.359. The van der Waals surface area contributed by atoms with Crippen LogP contribution in [0.25, 0.3) is 0 Å². The molecule has 0 amide bonds. The maximum atomic E-state index is 2.39. The van der Waals surface area contributed by atoms with Crippen LogP contribution in [0.15, 0.2) is 0 Å². The molecular weight excluding hydrogens is 200 g/mol. The van der Waals surface area contributed by atoms with E-state index >= 15 is 0 Å². The lowest BCUT2D eigenvalue weighted by Crippen LogP contribution is -2.24. The lowest BCUT2D eigenvalue weighted by atomic mass is 9.87. The fraction of sp³-hybridized carbons (Fsp3) is 1.00. The summed E-state index contributed by atoms with van der Waals surface area (Å²) in [4.78, 5) is 0.